The van der Waals surface area contributed by atoms with E-state index in [0.29, 0.717) is 5.75 Å². The summed E-state index contributed by atoms with van der Waals surface area (Å²) >= 11 is 18.4. The topological polar surface area (TPSA) is 88.0 Å². The molecule has 4 atom stereocenters. The number of rotatable bonds is 9. The Hall–Kier alpha value is -1.03. The number of carbonyl (C=O) groups is 1. The smallest absolute Gasteiger partial charge is 0.272 e. The Balaban J connectivity index is 1.75. The molecule has 3 rings (SSSR count). The van der Waals surface area contributed by atoms with Crippen molar-refractivity contribution >= 4 is 52.5 Å². The lowest BCUT2D eigenvalue weighted by Crippen LogP contribution is -2.38. The van der Waals surface area contributed by atoms with Gasteiger partial charge in [0.25, 0.3) is 9.70 Å². The van der Waals surface area contributed by atoms with Gasteiger partial charge in [-0.1, -0.05) is 90.3 Å². The summed E-state index contributed by atoms with van der Waals surface area (Å²) in [6.45, 7) is 2.42. The fourth-order valence-corrected chi connectivity index (χ4v) is 4.76. The number of carbonyl (C=O) groups excluding carboxylic acids is 1. The average molecular weight is 549 g/mol. The van der Waals surface area contributed by atoms with Crippen LogP contribution in [0.2, 0.25) is 0 Å². The fraction of sp³-hybridized carbons (Fsp3) is 0.458. The van der Waals surface area contributed by atoms with Crippen LogP contribution >= 0.6 is 46.6 Å². The lowest BCUT2D eigenvalue weighted by atomic mass is 9.91. The van der Waals surface area contributed by atoms with Crippen LogP contribution in [0, 0.1) is 5.92 Å². The van der Waals surface area contributed by atoms with Crippen molar-refractivity contribution in [3.63, 3.8) is 0 Å². The molecule has 1 aliphatic heterocycles. The molecule has 0 saturated carbocycles. The van der Waals surface area contributed by atoms with Crippen molar-refractivity contribution in [3.8, 4) is 0 Å². The van der Waals surface area contributed by atoms with E-state index >= 15 is 0 Å². The molecule has 0 radical (unpaired) electrons. The van der Waals surface area contributed by atoms with Crippen molar-refractivity contribution in [2.45, 2.75) is 42.4 Å². The number of amides is 1. The second-order valence-corrected chi connectivity index (χ2v) is 11.5. The van der Waals surface area contributed by atoms with Gasteiger partial charge >= 0.3 is 0 Å². The van der Waals surface area contributed by atoms with Crippen LogP contribution in [0.3, 0.4) is 0 Å². The second kappa shape index (κ2) is 12.8. The van der Waals surface area contributed by atoms with Crippen LogP contribution in [0.25, 0.3) is 0 Å². The zero-order valence-corrected chi connectivity index (χ0v) is 21.7. The van der Waals surface area contributed by atoms with Gasteiger partial charge in [0, 0.05) is 29.5 Å². The summed E-state index contributed by atoms with van der Waals surface area (Å²) in [6.07, 6.45) is -0.862. The summed E-state index contributed by atoms with van der Waals surface area (Å²) < 4.78 is 10.7. The molecule has 0 spiro atoms. The molecule has 1 amide bonds. The summed E-state index contributed by atoms with van der Waals surface area (Å²) in [5.74, 6) is 0.767. The van der Waals surface area contributed by atoms with Crippen molar-refractivity contribution in [1.29, 1.82) is 0 Å². The van der Waals surface area contributed by atoms with E-state index in [-0.39, 0.29) is 37.9 Å². The van der Waals surface area contributed by atoms with Crippen LogP contribution in [0.1, 0.15) is 41.6 Å². The Morgan fingerprint density at radius 3 is 2.21 bits per heavy atom. The maximum Gasteiger partial charge on any atom is 0.272 e. The zero-order valence-electron chi connectivity index (χ0n) is 18.6. The molecule has 0 aliphatic carbocycles. The second-order valence-electron chi connectivity index (χ2n) is 8.04. The van der Waals surface area contributed by atoms with E-state index in [4.69, 9.17) is 49.4 Å². The summed E-state index contributed by atoms with van der Waals surface area (Å²) in [4.78, 5) is 11.8. The van der Waals surface area contributed by atoms with Gasteiger partial charge < -0.3 is 25.0 Å². The molecule has 1 saturated heterocycles. The van der Waals surface area contributed by atoms with Gasteiger partial charge in [-0.25, -0.2) is 0 Å². The Morgan fingerprint density at radius 1 is 1.00 bits per heavy atom. The summed E-state index contributed by atoms with van der Waals surface area (Å²) in [6, 6.07) is 15.2. The molecule has 34 heavy (non-hydrogen) atoms. The predicted molar refractivity (Wildman–Crippen MR) is 136 cm³/mol. The van der Waals surface area contributed by atoms with Crippen LogP contribution in [-0.2, 0) is 27.4 Å². The standard InChI is InChI=1S/C24H28Cl3NO5S/c1-15-20(14-34-11-10-29)32-22(33-21(15)18-6-4-17(13-30)5-7-18)19-8-2-16(3-9-19)12-28-23(31)24(25,26)27/h2-9,15,20-22,29-30H,10-14H2,1H3,(H,28,31)/t15-,20+,21+,22+/m0/s1. The number of alkyl halides is 3. The molecular weight excluding hydrogens is 521 g/mol. The van der Waals surface area contributed by atoms with E-state index in [1.807, 2.05) is 48.5 Å². The van der Waals surface area contributed by atoms with Gasteiger partial charge in [-0.05, 0) is 16.7 Å². The number of hydrogen-bond donors (Lipinski definition) is 3. The molecule has 1 fully saturated rings. The minimum atomic E-state index is -2.01. The highest BCUT2D eigenvalue weighted by Crippen LogP contribution is 2.42. The van der Waals surface area contributed by atoms with Crippen molar-refractivity contribution in [3.05, 3.63) is 70.8 Å². The number of aliphatic hydroxyl groups is 2. The highest BCUT2D eigenvalue weighted by molar-refractivity contribution is 7.99. The maximum atomic E-state index is 11.8. The van der Waals surface area contributed by atoms with Gasteiger partial charge in [0.2, 0.25) is 0 Å². The average Bonchev–Trinajstić information content (AvgIpc) is 2.83. The van der Waals surface area contributed by atoms with Gasteiger partial charge in [-0.15, -0.1) is 0 Å². The molecule has 1 heterocycles. The van der Waals surface area contributed by atoms with E-state index in [2.05, 4.69) is 12.2 Å². The third-order valence-corrected chi connectivity index (χ3v) is 7.15. The third kappa shape index (κ3) is 7.48. The quantitative estimate of drug-likeness (QED) is 0.311. The van der Waals surface area contributed by atoms with Gasteiger partial charge in [-0.2, -0.15) is 11.8 Å². The van der Waals surface area contributed by atoms with E-state index < -0.39 is 16.0 Å². The highest BCUT2D eigenvalue weighted by atomic mass is 35.6. The van der Waals surface area contributed by atoms with Gasteiger partial charge in [0.05, 0.1) is 25.4 Å². The first-order valence-corrected chi connectivity index (χ1v) is 13.1. The molecule has 2 aromatic carbocycles. The summed E-state index contributed by atoms with van der Waals surface area (Å²) in [5.41, 5.74) is 3.54. The van der Waals surface area contributed by atoms with Gasteiger partial charge in [0.1, 0.15) is 0 Å². The largest absolute Gasteiger partial charge is 0.396 e. The zero-order chi connectivity index (χ0) is 24.7. The molecular formula is C24H28Cl3NO5S. The summed E-state index contributed by atoms with van der Waals surface area (Å²) in [7, 11) is 0. The normalized spacial score (nSPS) is 23.0. The first-order chi connectivity index (χ1) is 16.2. The molecule has 6 nitrogen and oxygen atoms in total. The lowest BCUT2D eigenvalue weighted by molar-refractivity contribution is -0.268. The molecule has 0 aromatic heterocycles. The van der Waals surface area contributed by atoms with Crippen LogP contribution < -0.4 is 5.32 Å². The maximum absolute atomic E-state index is 11.8. The van der Waals surface area contributed by atoms with E-state index in [1.54, 1.807) is 11.8 Å². The molecule has 1 aliphatic rings. The first kappa shape index (κ1) is 27.6. The molecule has 0 unspecified atom stereocenters. The molecule has 3 N–H and O–H groups in total. The van der Waals surface area contributed by atoms with Crippen LogP contribution in [0.5, 0.6) is 0 Å². The molecule has 10 heteroatoms. The highest BCUT2D eigenvalue weighted by Gasteiger charge is 2.38. The van der Waals surface area contributed by atoms with Gasteiger partial charge in [-0.3, -0.25) is 4.79 Å². The number of aliphatic hydroxyl groups excluding tert-OH is 2. The number of halogens is 3. The van der Waals surface area contributed by atoms with Crippen LogP contribution in [0.15, 0.2) is 48.5 Å². The first-order valence-electron chi connectivity index (χ1n) is 10.9. The minimum absolute atomic E-state index is 0.0119. The van der Waals surface area contributed by atoms with Crippen molar-refractivity contribution < 1.29 is 24.5 Å². The van der Waals surface area contributed by atoms with E-state index in [0.717, 1.165) is 28.0 Å². The lowest BCUT2D eigenvalue weighted by Gasteiger charge is -2.41. The number of nitrogens with one attached hydrogen (secondary N) is 1. The Labute approximate surface area is 218 Å². The number of benzene rings is 2. The number of thioether (sulfide) groups is 1. The Bertz CT molecular complexity index is 924. The molecule has 186 valence electrons. The number of ether oxygens (including phenoxy) is 2. The van der Waals surface area contributed by atoms with Crippen molar-refractivity contribution in [2.24, 2.45) is 5.92 Å². The van der Waals surface area contributed by atoms with Crippen molar-refractivity contribution in [2.75, 3.05) is 18.1 Å². The Morgan fingerprint density at radius 2 is 1.62 bits per heavy atom. The van der Waals surface area contributed by atoms with Crippen LogP contribution in [-0.4, -0.2) is 44.1 Å². The fourth-order valence-electron chi connectivity index (χ4n) is 3.65. The molecule has 2 aromatic rings. The monoisotopic (exact) mass is 547 g/mol. The molecule has 0 bridgehead atoms. The van der Waals surface area contributed by atoms with Gasteiger partial charge in [0.15, 0.2) is 6.29 Å². The number of hydrogen-bond acceptors (Lipinski definition) is 6. The SMILES string of the molecule is C[C@H]1[C@@H](CSCCO)O[C@@H](c2ccc(CNC(=O)C(Cl)(Cl)Cl)cc2)O[C@H]1c1ccc(CO)cc1. The van der Waals surface area contributed by atoms with Crippen LogP contribution in [0.4, 0.5) is 0 Å². The third-order valence-electron chi connectivity index (χ3n) is 5.60. The van der Waals surface area contributed by atoms with Crippen molar-refractivity contribution in [1.82, 2.24) is 5.32 Å². The van der Waals surface area contributed by atoms with E-state index in [1.165, 1.54) is 0 Å². The Kier molecular flexibility index (Phi) is 10.4. The minimum Gasteiger partial charge on any atom is -0.396 e. The van der Waals surface area contributed by atoms with E-state index in [9.17, 15) is 9.90 Å². The summed E-state index contributed by atoms with van der Waals surface area (Å²) in [5, 5.41) is 21.1. The predicted octanol–water partition coefficient (Wildman–Crippen LogP) is 4.68.